The fourth-order valence-electron chi connectivity index (χ4n) is 2.19. The second-order valence-corrected chi connectivity index (χ2v) is 5.20. The molecule has 3 heteroatoms. The summed E-state index contributed by atoms with van der Waals surface area (Å²) in [6, 6.07) is 4.82. The maximum absolute atomic E-state index is 5.96. The van der Waals surface area contributed by atoms with Crippen molar-refractivity contribution in [3.8, 4) is 0 Å². The van der Waals surface area contributed by atoms with Crippen LogP contribution in [0.2, 0.25) is 0 Å². The molecule has 1 aromatic carbocycles. The van der Waals surface area contributed by atoms with E-state index in [1.54, 1.807) is 0 Å². The number of anilines is 2. The lowest BCUT2D eigenvalue weighted by atomic mass is 10.1. The van der Waals surface area contributed by atoms with Gasteiger partial charge in [0, 0.05) is 22.7 Å². The number of halogens is 1. The molecule has 1 saturated heterocycles. The number of benzene rings is 1. The maximum atomic E-state index is 5.96. The number of hydrogen-bond acceptors (Lipinski definition) is 2. The zero-order chi connectivity index (χ0) is 11.0. The SMILES string of the molecule is Cc1cc(Br)c(N2CCCC2C)cc1N. The molecule has 1 atom stereocenters. The lowest BCUT2D eigenvalue weighted by molar-refractivity contribution is 0.734. The molecular formula is C12H17BrN2. The topological polar surface area (TPSA) is 29.3 Å². The van der Waals surface area contributed by atoms with Crippen molar-refractivity contribution in [2.24, 2.45) is 0 Å². The molecule has 0 aromatic heterocycles. The van der Waals surface area contributed by atoms with Crippen LogP contribution in [0.25, 0.3) is 0 Å². The summed E-state index contributed by atoms with van der Waals surface area (Å²) in [6.45, 7) is 5.45. The van der Waals surface area contributed by atoms with E-state index in [2.05, 4.69) is 39.9 Å². The number of rotatable bonds is 1. The average molecular weight is 269 g/mol. The van der Waals surface area contributed by atoms with Crippen molar-refractivity contribution in [1.29, 1.82) is 0 Å². The molecule has 2 nitrogen and oxygen atoms in total. The van der Waals surface area contributed by atoms with E-state index in [0.29, 0.717) is 6.04 Å². The summed E-state index contributed by atoms with van der Waals surface area (Å²) < 4.78 is 1.16. The van der Waals surface area contributed by atoms with Crippen LogP contribution in [0.5, 0.6) is 0 Å². The molecule has 1 unspecified atom stereocenters. The first-order valence-electron chi connectivity index (χ1n) is 5.42. The Morgan fingerprint density at radius 2 is 2.20 bits per heavy atom. The van der Waals surface area contributed by atoms with E-state index < -0.39 is 0 Å². The molecule has 1 heterocycles. The highest BCUT2D eigenvalue weighted by Crippen LogP contribution is 2.34. The minimum absolute atomic E-state index is 0.628. The molecule has 0 spiro atoms. The first-order chi connectivity index (χ1) is 7.09. The summed E-state index contributed by atoms with van der Waals surface area (Å²) in [6.07, 6.45) is 2.56. The van der Waals surface area contributed by atoms with E-state index in [9.17, 15) is 0 Å². The van der Waals surface area contributed by atoms with Crippen molar-refractivity contribution in [2.45, 2.75) is 32.7 Å². The van der Waals surface area contributed by atoms with E-state index in [0.717, 1.165) is 22.3 Å². The van der Waals surface area contributed by atoms with Crippen molar-refractivity contribution in [2.75, 3.05) is 17.2 Å². The maximum Gasteiger partial charge on any atom is 0.0533 e. The minimum atomic E-state index is 0.628. The van der Waals surface area contributed by atoms with E-state index in [4.69, 9.17) is 5.73 Å². The van der Waals surface area contributed by atoms with Crippen molar-refractivity contribution in [1.82, 2.24) is 0 Å². The van der Waals surface area contributed by atoms with E-state index in [-0.39, 0.29) is 0 Å². The summed E-state index contributed by atoms with van der Waals surface area (Å²) in [4.78, 5) is 2.43. The van der Waals surface area contributed by atoms with Crippen LogP contribution in [0.15, 0.2) is 16.6 Å². The van der Waals surface area contributed by atoms with Crippen molar-refractivity contribution < 1.29 is 0 Å². The molecule has 1 aliphatic heterocycles. The quantitative estimate of drug-likeness (QED) is 0.792. The second-order valence-electron chi connectivity index (χ2n) is 4.34. The van der Waals surface area contributed by atoms with E-state index in [1.807, 2.05) is 6.92 Å². The van der Waals surface area contributed by atoms with Crippen LogP contribution in [-0.2, 0) is 0 Å². The Hall–Kier alpha value is -0.700. The van der Waals surface area contributed by atoms with Gasteiger partial charge in [0.2, 0.25) is 0 Å². The lowest BCUT2D eigenvalue weighted by Crippen LogP contribution is -2.26. The van der Waals surface area contributed by atoms with Gasteiger partial charge in [-0.1, -0.05) is 0 Å². The summed E-state index contributed by atoms with van der Waals surface area (Å²) in [5.41, 5.74) is 9.21. The highest BCUT2D eigenvalue weighted by Gasteiger charge is 2.22. The van der Waals surface area contributed by atoms with Crippen LogP contribution in [0.3, 0.4) is 0 Å². The van der Waals surface area contributed by atoms with Gasteiger partial charge in [-0.25, -0.2) is 0 Å². The zero-order valence-corrected chi connectivity index (χ0v) is 10.8. The first kappa shape index (κ1) is 10.8. The van der Waals surface area contributed by atoms with Gasteiger partial charge in [-0.3, -0.25) is 0 Å². The van der Waals surface area contributed by atoms with Gasteiger partial charge in [-0.05, 0) is 60.3 Å². The van der Waals surface area contributed by atoms with Gasteiger partial charge in [0.05, 0.1) is 5.69 Å². The third-order valence-electron chi connectivity index (χ3n) is 3.20. The van der Waals surface area contributed by atoms with Gasteiger partial charge in [0.25, 0.3) is 0 Å². The Bertz CT molecular complexity index is 376. The number of aryl methyl sites for hydroxylation is 1. The molecule has 0 radical (unpaired) electrons. The molecule has 1 aromatic rings. The van der Waals surface area contributed by atoms with E-state index >= 15 is 0 Å². The monoisotopic (exact) mass is 268 g/mol. The van der Waals surface area contributed by atoms with Crippen molar-refractivity contribution in [3.63, 3.8) is 0 Å². The number of hydrogen-bond donors (Lipinski definition) is 1. The van der Waals surface area contributed by atoms with Crippen LogP contribution in [0, 0.1) is 6.92 Å². The zero-order valence-electron chi connectivity index (χ0n) is 9.26. The predicted molar refractivity (Wildman–Crippen MR) is 69.3 cm³/mol. The molecule has 0 bridgehead atoms. The summed E-state index contributed by atoms with van der Waals surface area (Å²) in [5.74, 6) is 0. The fourth-order valence-corrected chi connectivity index (χ4v) is 2.87. The molecule has 2 N–H and O–H groups in total. The third kappa shape index (κ3) is 1.98. The Labute approximate surface area is 99.6 Å². The molecule has 15 heavy (non-hydrogen) atoms. The highest BCUT2D eigenvalue weighted by molar-refractivity contribution is 9.10. The summed E-state index contributed by atoms with van der Waals surface area (Å²) >= 11 is 3.62. The Morgan fingerprint density at radius 3 is 2.80 bits per heavy atom. The van der Waals surface area contributed by atoms with Gasteiger partial charge in [0.15, 0.2) is 0 Å². The van der Waals surface area contributed by atoms with Crippen LogP contribution >= 0.6 is 15.9 Å². The molecule has 82 valence electrons. The fraction of sp³-hybridized carbons (Fsp3) is 0.500. The Morgan fingerprint density at radius 1 is 1.47 bits per heavy atom. The number of nitrogens with zero attached hydrogens (tertiary/aromatic N) is 1. The van der Waals surface area contributed by atoms with Crippen LogP contribution in [0.4, 0.5) is 11.4 Å². The normalized spacial score (nSPS) is 21.0. The van der Waals surface area contributed by atoms with Crippen LogP contribution in [-0.4, -0.2) is 12.6 Å². The summed E-state index contributed by atoms with van der Waals surface area (Å²) in [5, 5.41) is 0. The van der Waals surface area contributed by atoms with Gasteiger partial charge in [0.1, 0.15) is 0 Å². The average Bonchev–Trinajstić information content (AvgIpc) is 2.58. The largest absolute Gasteiger partial charge is 0.398 e. The highest BCUT2D eigenvalue weighted by atomic mass is 79.9. The van der Waals surface area contributed by atoms with E-state index in [1.165, 1.54) is 18.5 Å². The molecular weight excluding hydrogens is 252 g/mol. The lowest BCUT2D eigenvalue weighted by Gasteiger charge is -2.25. The molecule has 0 aliphatic carbocycles. The van der Waals surface area contributed by atoms with Crippen LogP contribution < -0.4 is 10.6 Å². The smallest absolute Gasteiger partial charge is 0.0533 e. The molecule has 0 amide bonds. The second kappa shape index (κ2) is 4.05. The first-order valence-corrected chi connectivity index (χ1v) is 6.21. The van der Waals surface area contributed by atoms with Gasteiger partial charge >= 0.3 is 0 Å². The minimum Gasteiger partial charge on any atom is -0.398 e. The standard InChI is InChI=1S/C12H17BrN2/c1-8-6-10(13)12(7-11(8)14)15-5-3-4-9(15)2/h6-7,9H,3-5,14H2,1-2H3. The molecule has 2 rings (SSSR count). The summed E-state index contributed by atoms with van der Waals surface area (Å²) in [7, 11) is 0. The molecule has 1 fully saturated rings. The number of nitrogens with two attached hydrogens (primary N) is 1. The Balaban J connectivity index is 2.39. The molecule has 1 aliphatic rings. The van der Waals surface area contributed by atoms with Crippen molar-refractivity contribution >= 4 is 27.3 Å². The third-order valence-corrected chi connectivity index (χ3v) is 3.83. The number of nitrogen functional groups attached to an aromatic ring is 1. The molecule has 0 saturated carbocycles. The van der Waals surface area contributed by atoms with Gasteiger partial charge in [-0.15, -0.1) is 0 Å². The van der Waals surface area contributed by atoms with Gasteiger partial charge < -0.3 is 10.6 Å². The van der Waals surface area contributed by atoms with Gasteiger partial charge in [-0.2, -0.15) is 0 Å². The van der Waals surface area contributed by atoms with Crippen molar-refractivity contribution in [3.05, 3.63) is 22.2 Å². The van der Waals surface area contributed by atoms with Crippen LogP contribution in [0.1, 0.15) is 25.3 Å². The Kier molecular flexibility index (Phi) is 2.91. The predicted octanol–water partition coefficient (Wildman–Crippen LogP) is 3.33.